The molecule has 1 heterocycles. The molecular formula is C12H2Br4Cl2O2. The highest BCUT2D eigenvalue weighted by atomic mass is 79.9. The molecular weight excluding hydrogens is 567 g/mol. The predicted octanol–water partition coefficient (Wildman–Crippen LogP) is 7.94. The fourth-order valence-electron chi connectivity index (χ4n) is 1.68. The van der Waals surface area contributed by atoms with E-state index in [9.17, 15) is 0 Å². The zero-order valence-electron chi connectivity index (χ0n) is 9.24. The molecule has 2 nitrogen and oxygen atoms in total. The van der Waals surface area contributed by atoms with Crippen LogP contribution in [0.5, 0.6) is 23.0 Å². The molecule has 1 aliphatic rings. The number of hydrogen-bond donors (Lipinski definition) is 0. The van der Waals surface area contributed by atoms with Gasteiger partial charge >= 0.3 is 0 Å². The van der Waals surface area contributed by atoms with E-state index in [1.807, 2.05) is 0 Å². The Morgan fingerprint density at radius 3 is 1.45 bits per heavy atom. The van der Waals surface area contributed by atoms with E-state index in [4.69, 9.17) is 32.7 Å². The van der Waals surface area contributed by atoms with Crippen molar-refractivity contribution in [1.29, 1.82) is 0 Å². The molecule has 3 rings (SSSR count). The van der Waals surface area contributed by atoms with Crippen LogP contribution in [0, 0.1) is 0 Å². The van der Waals surface area contributed by atoms with Crippen LogP contribution in [0.15, 0.2) is 30.0 Å². The molecule has 0 saturated carbocycles. The SMILES string of the molecule is Clc1cc2c(c(Br)c1Br)Oc1c(cc(Cl)c(Br)c1Br)O2. The standard InChI is InChI=1S/C12H2Br4Cl2O2/c13-7-3(17)1-5-11(9(7)15)20-12-6(19-5)2-4(18)8(14)10(12)16/h1-2H. The largest absolute Gasteiger partial charge is 0.449 e. The molecule has 1 aliphatic heterocycles. The van der Waals surface area contributed by atoms with Gasteiger partial charge in [-0.05, 0) is 63.7 Å². The summed E-state index contributed by atoms with van der Waals surface area (Å²) in [5.74, 6) is 2.12. The van der Waals surface area contributed by atoms with Crippen LogP contribution in [-0.2, 0) is 0 Å². The number of ether oxygens (including phenoxy) is 2. The van der Waals surface area contributed by atoms with Gasteiger partial charge in [-0.2, -0.15) is 0 Å². The smallest absolute Gasteiger partial charge is 0.185 e. The van der Waals surface area contributed by atoms with Gasteiger partial charge in [-0.25, -0.2) is 0 Å². The summed E-state index contributed by atoms with van der Waals surface area (Å²) in [6, 6.07) is 3.36. The van der Waals surface area contributed by atoms with Gasteiger partial charge in [0.2, 0.25) is 0 Å². The van der Waals surface area contributed by atoms with E-state index in [2.05, 4.69) is 63.7 Å². The Kier molecular flexibility index (Phi) is 4.35. The first-order valence-electron chi connectivity index (χ1n) is 5.11. The zero-order valence-corrected chi connectivity index (χ0v) is 17.1. The van der Waals surface area contributed by atoms with E-state index in [1.165, 1.54) is 0 Å². The molecule has 0 unspecified atom stereocenters. The van der Waals surface area contributed by atoms with Crippen molar-refractivity contribution in [1.82, 2.24) is 0 Å². The quantitative estimate of drug-likeness (QED) is 0.256. The average molecular weight is 569 g/mol. The molecule has 8 heteroatoms. The van der Waals surface area contributed by atoms with Gasteiger partial charge in [0, 0.05) is 12.1 Å². The first kappa shape index (κ1) is 15.4. The number of halogens is 6. The molecule has 2 aromatic rings. The minimum atomic E-state index is 0.517. The maximum absolute atomic E-state index is 6.11. The number of rotatable bonds is 0. The van der Waals surface area contributed by atoms with Crippen molar-refractivity contribution in [2.75, 3.05) is 0 Å². The van der Waals surface area contributed by atoms with Crippen LogP contribution in [-0.4, -0.2) is 0 Å². The van der Waals surface area contributed by atoms with Gasteiger partial charge in [0.05, 0.1) is 27.9 Å². The summed E-state index contributed by atoms with van der Waals surface area (Å²) in [5, 5.41) is 1.04. The van der Waals surface area contributed by atoms with Crippen molar-refractivity contribution in [3.63, 3.8) is 0 Å². The van der Waals surface area contributed by atoms with Crippen LogP contribution in [0.2, 0.25) is 10.0 Å². The Hall–Kier alpha value is 0.540. The Labute approximate surface area is 158 Å². The minimum Gasteiger partial charge on any atom is -0.449 e. The van der Waals surface area contributed by atoms with E-state index >= 15 is 0 Å². The van der Waals surface area contributed by atoms with Crippen molar-refractivity contribution in [2.45, 2.75) is 0 Å². The number of benzene rings is 2. The predicted molar refractivity (Wildman–Crippen MR) is 93.9 cm³/mol. The lowest BCUT2D eigenvalue weighted by atomic mass is 10.2. The Morgan fingerprint density at radius 1 is 0.650 bits per heavy atom. The molecule has 0 aliphatic carbocycles. The highest BCUT2D eigenvalue weighted by Crippen LogP contribution is 2.56. The summed E-state index contributed by atoms with van der Waals surface area (Å²) in [4.78, 5) is 0. The third kappa shape index (κ3) is 2.42. The molecule has 0 amide bonds. The fraction of sp³-hybridized carbons (Fsp3) is 0. The molecule has 0 atom stereocenters. The Bertz CT molecular complexity index is 688. The molecule has 20 heavy (non-hydrogen) atoms. The highest BCUT2D eigenvalue weighted by molar-refractivity contribution is 9.13. The first-order valence-corrected chi connectivity index (χ1v) is 9.03. The van der Waals surface area contributed by atoms with E-state index in [1.54, 1.807) is 12.1 Å². The molecule has 0 N–H and O–H groups in total. The minimum absolute atomic E-state index is 0.517. The van der Waals surface area contributed by atoms with Gasteiger partial charge in [0.15, 0.2) is 23.0 Å². The third-order valence-corrected chi connectivity index (χ3v) is 7.87. The van der Waals surface area contributed by atoms with Crippen LogP contribution < -0.4 is 9.47 Å². The maximum atomic E-state index is 6.11. The van der Waals surface area contributed by atoms with E-state index in [0.717, 1.165) is 0 Å². The van der Waals surface area contributed by atoms with Crippen LogP contribution in [0.1, 0.15) is 0 Å². The van der Waals surface area contributed by atoms with Gasteiger partial charge in [0.25, 0.3) is 0 Å². The Balaban J connectivity index is 2.22. The summed E-state index contributed by atoms with van der Waals surface area (Å²) in [6.07, 6.45) is 0. The average Bonchev–Trinajstić information content (AvgIpc) is 2.41. The third-order valence-electron chi connectivity index (χ3n) is 2.59. The van der Waals surface area contributed by atoms with Crippen molar-refractivity contribution in [3.8, 4) is 23.0 Å². The normalized spacial score (nSPS) is 12.3. The number of fused-ring (bicyclic) bond motifs is 2. The lowest BCUT2D eigenvalue weighted by Gasteiger charge is -2.24. The molecule has 0 fully saturated rings. The summed E-state index contributed by atoms with van der Waals surface area (Å²) in [5.41, 5.74) is 0. The van der Waals surface area contributed by atoms with E-state index < -0.39 is 0 Å². The first-order chi connectivity index (χ1) is 9.40. The lowest BCUT2D eigenvalue weighted by molar-refractivity contribution is 0.355. The molecule has 0 spiro atoms. The lowest BCUT2D eigenvalue weighted by Crippen LogP contribution is -2.01. The molecule has 2 aromatic carbocycles. The second-order valence-corrected chi connectivity index (χ2v) is 7.82. The second kappa shape index (κ2) is 5.63. The van der Waals surface area contributed by atoms with Crippen LogP contribution in [0.3, 0.4) is 0 Å². The fourth-order valence-corrected chi connectivity index (χ4v) is 3.86. The zero-order chi connectivity index (χ0) is 14.6. The van der Waals surface area contributed by atoms with Gasteiger partial charge < -0.3 is 9.47 Å². The van der Waals surface area contributed by atoms with Crippen molar-refractivity contribution in [3.05, 3.63) is 40.1 Å². The molecule has 0 saturated heterocycles. The summed E-state index contributed by atoms with van der Waals surface area (Å²) >= 11 is 25.9. The summed E-state index contributed by atoms with van der Waals surface area (Å²) in [7, 11) is 0. The van der Waals surface area contributed by atoms with Gasteiger partial charge in [-0.15, -0.1) is 0 Å². The van der Waals surface area contributed by atoms with Crippen molar-refractivity contribution < 1.29 is 9.47 Å². The number of hydrogen-bond acceptors (Lipinski definition) is 2. The molecule has 0 bridgehead atoms. The molecule has 104 valence electrons. The van der Waals surface area contributed by atoms with Crippen LogP contribution in [0.4, 0.5) is 0 Å². The highest BCUT2D eigenvalue weighted by Gasteiger charge is 2.28. The van der Waals surface area contributed by atoms with E-state index in [-0.39, 0.29) is 0 Å². The monoisotopic (exact) mass is 564 g/mol. The Morgan fingerprint density at radius 2 is 1.05 bits per heavy atom. The van der Waals surface area contributed by atoms with Crippen molar-refractivity contribution in [2.24, 2.45) is 0 Å². The van der Waals surface area contributed by atoms with Gasteiger partial charge in [0.1, 0.15) is 0 Å². The summed E-state index contributed by atoms with van der Waals surface area (Å²) < 4.78 is 14.5. The summed E-state index contributed by atoms with van der Waals surface area (Å²) in [6.45, 7) is 0. The second-order valence-electron chi connectivity index (χ2n) is 3.83. The van der Waals surface area contributed by atoms with Crippen LogP contribution >= 0.6 is 86.9 Å². The maximum Gasteiger partial charge on any atom is 0.185 e. The van der Waals surface area contributed by atoms with Crippen molar-refractivity contribution >= 4 is 86.9 Å². The molecule has 0 radical (unpaired) electrons. The van der Waals surface area contributed by atoms with Crippen LogP contribution in [0.25, 0.3) is 0 Å². The topological polar surface area (TPSA) is 18.5 Å². The van der Waals surface area contributed by atoms with Gasteiger partial charge in [-0.1, -0.05) is 23.2 Å². The van der Waals surface area contributed by atoms with Gasteiger partial charge in [-0.3, -0.25) is 0 Å². The molecule has 0 aromatic heterocycles. The van der Waals surface area contributed by atoms with E-state index in [0.29, 0.717) is 50.9 Å².